The van der Waals surface area contributed by atoms with E-state index in [-0.39, 0.29) is 46.6 Å². The third-order valence-corrected chi connectivity index (χ3v) is 8.87. The number of ether oxygens (including phenoxy) is 1. The summed E-state index contributed by atoms with van der Waals surface area (Å²) in [6, 6.07) is 2.75. The van der Waals surface area contributed by atoms with Crippen molar-refractivity contribution in [2.45, 2.75) is 51.1 Å². The van der Waals surface area contributed by atoms with Crippen molar-refractivity contribution in [3.63, 3.8) is 0 Å². The fourth-order valence-corrected chi connectivity index (χ4v) is 6.57. The lowest BCUT2D eigenvalue weighted by atomic mass is 9.89. The molecule has 12 heteroatoms. The van der Waals surface area contributed by atoms with Crippen LogP contribution in [0.3, 0.4) is 0 Å². The van der Waals surface area contributed by atoms with Crippen LogP contribution in [0.4, 0.5) is 23.1 Å². The van der Waals surface area contributed by atoms with Gasteiger partial charge in [0, 0.05) is 24.1 Å². The van der Waals surface area contributed by atoms with Crippen LogP contribution < -0.4 is 25.6 Å². The Morgan fingerprint density at radius 2 is 1.98 bits per heavy atom. The Bertz CT molecular complexity index is 1430. The number of benzene rings is 1. The molecule has 1 aliphatic heterocycles. The number of carboxylic acid groups (broad SMARTS) is 1. The van der Waals surface area contributed by atoms with Crippen LogP contribution >= 0.6 is 11.6 Å². The van der Waals surface area contributed by atoms with E-state index in [9.17, 15) is 19.5 Å². The Morgan fingerprint density at radius 1 is 1.20 bits per heavy atom. The number of allylic oxidation sites excluding steroid dienone is 1. The Hall–Kier alpha value is -3.86. The number of nitrogens with zero attached hydrogens (tertiary/aromatic N) is 3. The Balaban J connectivity index is 1.25. The maximum Gasteiger partial charge on any atom is 0.309 e. The van der Waals surface area contributed by atoms with Gasteiger partial charge in [0.2, 0.25) is 17.8 Å². The summed E-state index contributed by atoms with van der Waals surface area (Å²) in [7, 11) is 1.57. The summed E-state index contributed by atoms with van der Waals surface area (Å²) < 4.78 is 5.84. The van der Waals surface area contributed by atoms with E-state index >= 15 is 0 Å². The van der Waals surface area contributed by atoms with E-state index in [4.69, 9.17) is 16.3 Å². The van der Waals surface area contributed by atoms with Gasteiger partial charge < -0.3 is 30.7 Å². The van der Waals surface area contributed by atoms with Crippen molar-refractivity contribution in [3.8, 4) is 5.75 Å². The molecule has 0 spiro atoms. The van der Waals surface area contributed by atoms with Gasteiger partial charge in [-0.05, 0) is 63.0 Å². The van der Waals surface area contributed by atoms with Crippen LogP contribution in [0.5, 0.6) is 5.75 Å². The Morgan fingerprint density at radius 3 is 2.68 bits per heavy atom. The topological polar surface area (TPSA) is 146 Å². The molecule has 216 valence electrons. The number of hydrogen-bond donors (Lipinski definition) is 4. The number of carbonyl (C=O) groups is 3. The van der Waals surface area contributed by atoms with E-state index < -0.39 is 17.9 Å². The van der Waals surface area contributed by atoms with Crippen molar-refractivity contribution in [2.75, 3.05) is 29.2 Å². The molecule has 2 amide bonds. The molecule has 0 radical (unpaired) electrons. The highest BCUT2D eigenvalue weighted by Gasteiger charge is 2.48. The number of amides is 2. The van der Waals surface area contributed by atoms with Gasteiger partial charge in [-0.3, -0.25) is 14.4 Å². The third kappa shape index (κ3) is 5.07. The van der Waals surface area contributed by atoms with Gasteiger partial charge in [0.25, 0.3) is 0 Å². The second-order valence-electron chi connectivity index (χ2n) is 11.1. The van der Waals surface area contributed by atoms with E-state index in [0.29, 0.717) is 36.6 Å². The molecule has 0 saturated heterocycles. The molecule has 3 aliphatic carbocycles. The van der Waals surface area contributed by atoms with Gasteiger partial charge in [0.05, 0.1) is 30.6 Å². The molecular formula is C29H33ClN6O5. The van der Waals surface area contributed by atoms with Gasteiger partial charge in [-0.15, -0.1) is 0 Å². The average Bonchev–Trinajstić information content (AvgIpc) is 3.64. The second-order valence-corrected chi connectivity index (χ2v) is 11.5. The molecule has 2 heterocycles. The first kappa shape index (κ1) is 27.3. The maximum absolute atomic E-state index is 13.4. The molecule has 1 aromatic carbocycles. The van der Waals surface area contributed by atoms with Crippen molar-refractivity contribution < 1.29 is 24.2 Å². The average molecular weight is 581 g/mol. The van der Waals surface area contributed by atoms with E-state index in [1.807, 2.05) is 25.1 Å². The molecule has 2 bridgehead atoms. The first-order chi connectivity index (χ1) is 19.8. The SMILES string of the molecule is CCN1C(=O)[C@@H](NC(=O)C2CC2)CCc2c1ccc(Nc1ncc(Cl)c(N[C@H]3[C@@H](C(=O)O)[C@@H]4C=C[C@H]3C4)n1)c2OC. The smallest absolute Gasteiger partial charge is 0.309 e. The maximum atomic E-state index is 13.4. The molecule has 6 rings (SSSR count). The largest absolute Gasteiger partial charge is 0.494 e. The zero-order chi connectivity index (χ0) is 28.8. The van der Waals surface area contributed by atoms with Gasteiger partial charge in [0.15, 0.2) is 5.82 Å². The molecule has 11 nitrogen and oxygen atoms in total. The Kier molecular flexibility index (Phi) is 7.23. The van der Waals surface area contributed by atoms with Crippen molar-refractivity contribution in [2.24, 2.45) is 23.7 Å². The zero-order valence-electron chi connectivity index (χ0n) is 22.9. The predicted molar refractivity (Wildman–Crippen MR) is 154 cm³/mol. The first-order valence-corrected chi connectivity index (χ1v) is 14.5. The highest BCUT2D eigenvalue weighted by molar-refractivity contribution is 6.32. The fraction of sp³-hybridized carbons (Fsp3) is 0.483. The highest BCUT2D eigenvalue weighted by Crippen LogP contribution is 2.46. The summed E-state index contributed by atoms with van der Waals surface area (Å²) in [4.78, 5) is 48.4. The van der Waals surface area contributed by atoms with Crippen LogP contribution in [0.2, 0.25) is 5.02 Å². The number of hydrogen-bond acceptors (Lipinski definition) is 8. The monoisotopic (exact) mass is 580 g/mol. The van der Waals surface area contributed by atoms with Crippen LogP contribution in [-0.2, 0) is 20.8 Å². The fourth-order valence-electron chi connectivity index (χ4n) is 6.42. The van der Waals surface area contributed by atoms with E-state index in [2.05, 4.69) is 32.0 Å². The van der Waals surface area contributed by atoms with Crippen molar-refractivity contribution in [1.29, 1.82) is 0 Å². The van der Waals surface area contributed by atoms with E-state index in [0.717, 1.165) is 30.5 Å². The summed E-state index contributed by atoms with van der Waals surface area (Å²) >= 11 is 6.42. The normalized spacial score (nSPS) is 26.4. The molecule has 2 fully saturated rings. The number of aliphatic carboxylic acids is 1. The minimum atomic E-state index is -0.841. The van der Waals surface area contributed by atoms with Gasteiger partial charge in [0.1, 0.15) is 16.8 Å². The lowest BCUT2D eigenvalue weighted by molar-refractivity contribution is -0.142. The molecule has 2 saturated carbocycles. The first-order valence-electron chi connectivity index (χ1n) is 14.1. The second kappa shape index (κ2) is 10.8. The van der Waals surface area contributed by atoms with E-state index in [1.165, 1.54) is 6.20 Å². The van der Waals surface area contributed by atoms with Crippen molar-refractivity contribution >= 4 is 52.5 Å². The number of rotatable bonds is 9. The van der Waals surface area contributed by atoms with E-state index in [1.54, 1.807) is 12.0 Å². The van der Waals surface area contributed by atoms with Gasteiger partial charge in [-0.2, -0.15) is 4.98 Å². The standard InChI is InChI=1S/C29H33ClN6O5/c1-3-36-21-11-10-19(24(41-2)17(21)8-9-20(27(36)38)32-26(37)14-4-5-14)33-29-31-13-18(30)25(35-29)34-23-16-7-6-15(12-16)22(23)28(39)40/h6-7,10-11,13-16,20,22-23H,3-5,8-9,12H2,1-2H3,(H,32,37)(H,39,40)(H2,31,33,34,35)/t15-,16+,20+,22+,23-/m1/s1. The number of halogens is 1. The number of nitrogens with one attached hydrogen (secondary N) is 3. The molecule has 0 unspecified atom stereocenters. The molecular weight excluding hydrogens is 548 g/mol. The summed E-state index contributed by atoms with van der Waals surface area (Å²) in [6.07, 6.45) is 9.02. The number of carboxylic acids is 1. The molecule has 1 aromatic heterocycles. The van der Waals surface area contributed by atoms with Crippen LogP contribution in [0, 0.1) is 23.7 Å². The molecule has 4 N–H and O–H groups in total. The van der Waals surface area contributed by atoms with Gasteiger partial charge in [-0.1, -0.05) is 23.8 Å². The van der Waals surface area contributed by atoms with Gasteiger partial charge >= 0.3 is 5.97 Å². The van der Waals surface area contributed by atoms with Crippen LogP contribution in [0.1, 0.15) is 38.2 Å². The number of fused-ring (bicyclic) bond motifs is 3. The molecule has 4 aliphatic rings. The number of likely N-dealkylation sites (N-methyl/N-ethyl adjacent to an activating group) is 1. The number of methoxy groups -OCH3 is 1. The highest BCUT2D eigenvalue weighted by atomic mass is 35.5. The lowest BCUT2D eigenvalue weighted by Crippen LogP contribution is -2.48. The zero-order valence-corrected chi connectivity index (χ0v) is 23.6. The Labute approximate surface area is 242 Å². The molecule has 2 aromatic rings. The summed E-state index contributed by atoms with van der Waals surface area (Å²) in [5, 5.41) is 19.5. The summed E-state index contributed by atoms with van der Waals surface area (Å²) in [6.45, 7) is 2.35. The number of anilines is 4. The quantitative estimate of drug-likeness (QED) is 0.326. The molecule has 5 atom stereocenters. The van der Waals surface area contributed by atoms with Crippen LogP contribution in [-0.4, -0.2) is 58.6 Å². The minimum absolute atomic E-state index is 0.00626. The number of aromatic nitrogens is 2. The minimum Gasteiger partial charge on any atom is -0.494 e. The molecule has 41 heavy (non-hydrogen) atoms. The summed E-state index contributed by atoms with van der Waals surface area (Å²) in [5.74, 6) is -0.313. The van der Waals surface area contributed by atoms with Gasteiger partial charge in [-0.25, -0.2) is 4.98 Å². The van der Waals surface area contributed by atoms with Crippen LogP contribution in [0.25, 0.3) is 0 Å². The van der Waals surface area contributed by atoms with Crippen molar-refractivity contribution in [3.05, 3.63) is 41.1 Å². The third-order valence-electron chi connectivity index (χ3n) is 8.60. The summed E-state index contributed by atoms with van der Waals surface area (Å²) in [5.41, 5.74) is 2.20. The number of carbonyl (C=O) groups excluding carboxylic acids is 2. The lowest BCUT2D eigenvalue weighted by Gasteiger charge is -2.27. The van der Waals surface area contributed by atoms with Crippen LogP contribution in [0.15, 0.2) is 30.5 Å². The predicted octanol–water partition coefficient (Wildman–Crippen LogP) is 3.76. The van der Waals surface area contributed by atoms with Crippen molar-refractivity contribution in [1.82, 2.24) is 15.3 Å².